The van der Waals surface area contributed by atoms with Crippen LogP contribution in [0.15, 0.2) is 54.6 Å². The molecule has 2 aromatic carbocycles. The summed E-state index contributed by atoms with van der Waals surface area (Å²) in [5.41, 5.74) is 1.44. The van der Waals surface area contributed by atoms with Gasteiger partial charge in [-0.2, -0.15) is 0 Å². The van der Waals surface area contributed by atoms with Crippen LogP contribution >= 0.6 is 0 Å². The van der Waals surface area contributed by atoms with Crippen molar-refractivity contribution in [1.82, 2.24) is 10.6 Å². The third kappa shape index (κ3) is 5.58. The van der Waals surface area contributed by atoms with Gasteiger partial charge in [-0.25, -0.2) is 0 Å². The van der Waals surface area contributed by atoms with Gasteiger partial charge in [-0.15, -0.1) is 0 Å². The SMILES string of the molecule is CCOc1ccccc1C(=O)N[C@H](C(=O)N[C@H](C)c1ccccc1)C(C)C. The van der Waals surface area contributed by atoms with Crippen LogP contribution in [0.25, 0.3) is 0 Å². The molecule has 0 unspecified atom stereocenters. The normalized spacial score (nSPS) is 12.9. The van der Waals surface area contributed by atoms with Crippen molar-refractivity contribution in [3.63, 3.8) is 0 Å². The Hall–Kier alpha value is -2.82. The highest BCUT2D eigenvalue weighted by Crippen LogP contribution is 2.19. The standard InChI is InChI=1S/C22H28N2O3/c1-5-27-19-14-10-9-13-18(19)21(25)24-20(15(2)3)22(26)23-16(4)17-11-7-6-8-12-17/h6-16,20H,5H2,1-4H3,(H,23,26)(H,24,25)/t16-,20+/m1/s1. The summed E-state index contributed by atoms with van der Waals surface area (Å²) in [5.74, 6) is -0.0712. The molecule has 0 aliphatic heterocycles. The van der Waals surface area contributed by atoms with Crippen LogP contribution in [0.5, 0.6) is 5.75 Å². The highest BCUT2D eigenvalue weighted by Gasteiger charge is 2.26. The van der Waals surface area contributed by atoms with Crippen LogP contribution in [0.4, 0.5) is 0 Å². The van der Waals surface area contributed by atoms with E-state index in [-0.39, 0.29) is 23.8 Å². The number of amides is 2. The van der Waals surface area contributed by atoms with Gasteiger partial charge in [0.2, 0.25) is 5.91 Å². The fraction of sp³-hybridized carbons (Fsp3) is 0.364. The quantitative estimate of drug-likeness (QED) is 0.746. The minimum Gasteiger partial charge on any atom is -0.493 e. The van der Waals surface area contributed by atoms with Crippen LogP contribution in [0.1, 0.15) is 49.7 Å². The van der Waals surface area contributed by atoms with Crippen molar-refractivity contribution in [3.05, 3.63) is 65.7 Å². The van der Waals surface area contributed by atoms with Crippen molar-refractivity contribution in [2.24, 2.45) is 5.92 Å². The van der Waals surface area contributed by atoms with Gasteiger partial charge in [0.05, 0.1) is 18.2 Å². The number of hydrogen-bond acceptors (Lipinski definition) is 3. The molecule has 5 heteroatoms. The van der Waals surface area contributed by atoms with Gasteiger partial charge in [-0.3, -0.25) is 9.59 Å². The second-order valence-corrected chi connectivity index (χ2v) is 6.77. The molecule has 0 aliphatic rings. The fourth-order valence-corrected chi connectivity index (χ4v) is 2.82. The Morgan fingerprint density at radius 2 is 1.56 bits per heavy atom. The summed E-state index contributed by atoms with van der Waals surface area (Å²) in [7, 11) is 0. The van der Waals surface area contributed by atoms with E-state index >= 15 is 0 Å². The lowest BCUT2D eigenvalue weighted by Crippen LogP contribution is -2.50. The first-order valence-electron chi connectivity index (χ1n) is 9.32. The van der Waals surface area contributed by atoms with Gasteiger partial charge in [0.1, 0.15) is 11.8 Å². The second-order valence-electron chi connectivity index (χ2n) is 6.77. The average Bonchev–Trinajstić information content (AvgIpc) is 2.67. The van der Waals surface area contributed by atoms with Gasteiger partial charge in [0.15, 0.2) is 0 Å². The monoisotopic (exact) mass is 368 g/mol. The van der Waals surface area contributed by atoms with Crippen LogP contribution in [-0.2, 0) is 4.79 Å². The molecule has 0 heterocycles. The number of carbonyl (C=O) groups excluding carboxylic acids is 2. The fourth-order valence-electron chi connectivity index (χ4n) is 2.82. The lowest BCUT2D eigenvalue weighted by Gasteiger charge is -2.24. The molecule has 0 radical (unpaired) electrons. The first kappa shape index (κ1) is 20.5. The molecular formula is C22H28N2O3. The number of carbonyl (C=O) groups is 2. The summed E-state index contributed by atoms with van der Waals surface area (Å²) in [4.78, 5) is 25.5. The molecule has 0 saturated carbocycles. The Morgan fingerprint density at radius 3 is 2.19 bits per heavy atom. The van der Waals surface area contributed by atoms with Crippen molar-refractivity contribution in [2.75, 3.05) is 6.61 Å². The average molecular weight is 368 g/mol. The van der Waals surface area contributed by atoms with Crippen LogP contribution in [0.2, 0.25) is 0 Å². The topological polar surface area (TPSA) is 67.4 Å². The lowest BCUT2D eigenvalue weighted by atomic mass is 10.0. The first-order valence-corrected chi connectivity index (χ1v) is 9.32. The van der Waals surface area contributed by atoms with Gasteiger partial charge in [0.25, 0.3) is 5.91 Å². The summed E-state index contributed by atoms with van der Waals surface area (Å²) < 4.78 is 5.52. The van der Waals surface area contributed by atoms with E-state index in [1.807, 2.05) is 64.1 Å². The Bertz CT molecular complexity index is 759. The summed E-state index contributed by atoms with van der Waals surface area (Å²) in [6.07, 6.45) is 0. The summed E-state index contributed by atoms with van der Waals surface area (Å²) in [5, 5.41) is 5.85. The predicted molar refractivity (Wildman–Crippen MR) is 107 cm³/mol. The molecule has 0 aliphatic carbocycles. The maximum absolute atomic E-state index is 12.8. The maximum Gasteiger partial charge on any atom is 0.255 e. The maximum atomic E-state index is 12.8. The third-order valence-corrected chi connectivity index (χ3v) is 4.33. The van der Waals surface area contributed by atoms with Crippen molar-refractivity contribution in [2.45, 2.75) is 39.8 Å². The number of benzene rings is 2. The molecule has 0 spiro atoms. The zero-order chi connectivity index (χ0) is 19.8. The predicted octanol–water partition coefficient (Wildman–Crippen LogP) is 3.72. The molecule has 2 amide bonds. The zero-order valence-electron chi connectivity index (χ0n) is 16.4. The number of nitrogens with one attached hydrogen (secondary N) is 2. The van der Waals surface area contributed by atoms with Crippen LogP contribution in [0.3, 0.4) is 0 Å². The van der Waals surface area contributed by atoms with Gasteiger partial charge in [0, 0.05) is 0 Å². The minimum atomic E-state index is -0.640. The van der Waals surface area contributed by atoms with Gasteiger partial charge in [-0.05, 0) is 37.5 Å². The Labute approximate surface area is 161 Å². The Morgan fingerprint density at radius 1 is 0.926 bits per heavy atom. The second kappa shape index (κ2) is 9.76. The molecule has 0 aromatic heterocycles. The number of rotatable bonds is 8. The highest BCUT2D eigenvalue weighted by molar-refractivity contribution is 5.99. The van der Waals surface area contributed by atoms with Gasteiger partial charge in [-0.1, -0.05) is 56.3 Å². The molecule has 2 rings (SSSR count). The van der Waals surface area contributed by atoms with Gasteiger partial charge >= 0.3 is 0 Å². The van der Waals surface area contributed by atoms with Crippen LogP contribution in [0, 0.1) is 5.92 Å². The molecule has 2 aromatic rings. The van der Waals surface area contributed by atoms with E-state index < -0.39 is 6.04 Å². The molecule has 144 valence electrons. The minimum absolute atomic E-state index is 0.0591. The smallest absolute Gasteiger partial charge is 0.255 e. The number of ether oxygens (including phenoxy) is 1. The van der Waals surface area contributed by atoms with Crippen molar-refractivity contribution >= 4 is 11.8 Å². The molecule has 0 fully saturated rings. The molecular weight excluding hydrogens is 340 g/mol. The molecule has 0 saturated heterocycles. The van der Waals surface area contributed by atoms with E-state index in [4.69, 9.17) is 4.74 Å². The number of para-hydroxylation sites is 1. The lowest BCUT2D eigenvalue weighted by molar-refractivity contribution is -0.124. The molecule has 2 N–H and O–H groups in total. The van der Waals surface area contributed by atoms with Crippen LogP contribution in [-0.4, -0.2) is 24.5 Å². The van der Waals surface area contributed by atoms with Crippen molar-refractivity contribution in [3.8, 4) is 5.75 Å². The highest BCUT2D eigenvalue weighted by atomic mass is 16.5. The van der Waals surface area contributed by atoms with E-state index in [1.165, 1.54) is 0 Å². The van der Waals surface area contributed by atoms with Crippen molar-refractivity contribution < 1.29 is 14.3 Å². The summed E-state index contributed by atoms with van der Waals surface area (Å²) in [6.45, 7) is 8.08. The van der Waals surface area contributed by atoms with E-state index in [9.17, 15) is 9.59 Å². The van der Waals surface area contributed by atoms with Crippen LogP contribution < -0.4 is 15.4 Å². The molecule has 5 nitrogen and oxygen atoms in total. The Kier molecular flexibility index (Phi) is 7.41. The van der Waals surface area contributed by atoms with E-state index in [1.54, 1.807) is 18.2 Å². The Balaban J connectivity index is 2.11. The first-order chi connectivity index (χ1) is 12.9. The number of hydrogen-bond donors (Lipinski definition) is 2. The van der Waals surface area contributed by atoms with Gasteiger partial charge < -0.3 is 15.4 Å². The molecule has 2 atom stereocenters. The van der Waals surface area contributed by atoms with E-state index in [2.05, 4.69) is 10.6 Å². The molecule has 0 bridgehead atoms. The zero-order valence-corrected chi connectivity index (χ0v) is 16.4. The van der Waals surface area contributed by atoms with Crippen molar-refractivity contribution in [1.29, 1.82) is 0 Å². The molecule has 27 heavy (non-hydrogen) atoms. The van der Waals surface area contributed by atoms with E-state index in [0.717, 1.165) is 5.56 Å². The third-order valence-electron chi connectivity index (χ3n) is 4.33. The summed E-state index contributed by atoms with van der Waals surface area (Å²) in [6, 6.07) is 16.0. The van der Waals surface area contributed by atoms with E-state index in [0.29, 0.717) is 17.9 Å². The largest absolute Gasteiger partial charge is 0.493 e. The summed E-state index contributed by atoms with van der Waals surface area (Å²) >= 11 is 0.